The van der Waals surface area contributed by atoms with E-state index in [1.54, 1.807) is 35.6 Å². The predicted octanol–water partition coefficient (Wildman–Crippen LogP) is 3.26. The van der Waals surface area contributed by atoms with Crippen LogP contribution in [0.25, 0.3) is 10.2 Å². The zero-order valence-corrected chi connectivity index (χ0v) is 20.9. The van der Waals surface area contributed by atoms with Crippen LogP contribution in [0, 0.1) is 0 Å². The lowest BCUT2D eigenvalue weighted by molar-refractivity contribution is -0.121. The fraction of sp³-hybridized carbons (Fsp3) is 0.333. The molecule has 0 spiro atoms. The Labute approximate surface area is 209 Å². The number of fused-ring (bicyclic) bond motifs is 1. The van der Waals surface area contributed by atoms with Crippen LogP contribution in [0.3, 0.4) is 0 Å². The SMILES string of the molecule is O=C(NCCN1CCN(c2nc3ccc(Br)cc3s2)CC1)c1cccc(N2C(=O)CCC2=O)c1. The molecule has 8 nitrogen and oxygen atoms in total. The molecule has 5 rings (SSSR count). The molecular weight excluding hydrogens is 518 g/mol. The second-order valence-corrected chi connectivity index (χ2v) is 10.3. The Balaban J connectivity index is 1.11. The third-order valence-corrected chi connectivity index (χ3v) is 7.69. The Kier molecular flexibility index (Phi) is 6.62. The highest BCUT2D eigenvalue weighted by Gasteiger charge is 2.30. The van der Waals surface area contributed by atoms with Crippen LogP contribution in [-0.4, -0.2) is 66.9 Å². The molecule has 176 valence electrons. The highest BCUT2D eigenvalue weighted by molar-refractivity contribution is 9.10. The van der Waals surface area contributed by atoms with E-state index in [1.807, 2.05) is 12.1 Å². The van der Waals surface area contributed by atoms with E-state index >= 15 is 0 Å². The molecule has 0 bridgehead atoms. The summed E-state index contributed by atoms with van der Waals surface area (Å²) >= 11 is 5.23. The Morgan fingerprint density at radius 1 is 1.03 bits per heavy atom. The van der Waals surface area contributed by atoms with Gasteiger partial charge in [0.1, 0.15) is 0 Å². The standard InChI is InChI=1S/C24H24BrN5O3S/c25-17-4-5-19-20(15-17)34-24(27-19)29-12-10-28(11-13-29)9-8-26-23(33)16-2-1-3-18(14-16)30-21(31)6-7-22(30)32/h1-5,14-15H,6-13H2,(H,26,33). The molecule has 1 aromatic heterocycles. The van der Waals surface area contributed by atoms with E-state index in [4.69, 9.17) is 4.98 Å². The van der Waals surface area contributed by atoms with Gasteiger partial charge in [-0.25, -0.2) is 4.98 Å². The van der Waals surface area contributed by atoms with Crippen molar-refractivity contribution in [1.29, 1.82) is 0 Å². The summed E-state index contributed by atoms with van der Waals surface area (Å²) < 4.78 is 2.24. The molecule has 34 heavy (non-hydrogen) atoms. The van der Waals surface area contributed by atoms with Gasteiger partial charge in [0.15, 0.2) is 5.13 Å². The summed E-state index contributed by atoms with van der Waals surface area (Å²) in [4.78, 5) is 47.2. The molecule has 3 amide bonds. The number of benzene rings is 2. The third-order valence-electron chi connectivity index (χ3n) is 6.11. The van der Waals surface area contributed by atoms with E-state index in [9.17, 15) is 14.4 Å². The fourth-order valence-electron chi connectivity index (χ4n) is 4.26. The van der Waals surface area contributed by atoms with Crippen LogP contribution in [0.2, 0.25) is 0 Å². The molecule has 2 fully saturated rings. The average Bonchev–Trinajstić information content (AvgIpc) is 3.41. The van der Waals surface area contributed by atoms with Gasteiger partial charge in [0.2, 0.25) is 11.8 Å². The van der Waals surface area contributed by atoms with Gasteiger partial charge in [-0.1, -0.05) is 33.3 Å². The van der Waals surface area contributed by atoms with Gasteiger partial charge in [-0.2, -0.15) is 0 Å². The lowest BCUT2D eigenvalue weighted by atomic mass is 10.1. The maximum absolute atomic E-state index is 12.6. The molecule has 0 radical (unpaired) electrons. The molecule has 0 saturated carbocycles. The largest absolute Gasteiger partial charge is 0.351 e. The van der Waals surface area contributed by atoms with E-state index in [0.717, 1.165) is 47.8 Å². The van der Waals surface area contributed by atoms with Crippen molar-refractivity contribution in [2.45, 2.75) is 12.8 Å². The van der Waals surface area contributed by atoms with Crippen molar-refractivity contribution in [2.24, 2.45) is 0 Å². The van der Waals surface area contributed by atoms with Crippen molar-refractivity contribution in [2.75, 3.05) is 49.1 Å². The normalized spacial score (nSPS) is 17.1. The van der Waals surface area contributed by atoms with Crippen LogP contribution < -0.4 is 15.1 Å². The van der Waals surface area contributed by atoms with Crippen molar-refractivity contribution in [3.8, 4) is 0 Å². The molecule has 3 aromatic rings. The van der Waals surface area contributed by atoms with Crippen LogP contribution in [0.1, 0.15) is 23.2 Å². The Morgan fingerprint density at radius 3 is 2.56 bits per heavy atom. The topological polar surface area (TPSA) is 85.8 Å². The molecule has 1 N–H and O–H groups in total. The number of thiazole rings is 1. The number of aromatic nitrogens is 1. The molecular formula is C24H24BrN5O3S. The number of rotatable bonds is 6. The van der Waals surface area contributed by atoms with Gasteiger partial charge in [0, 0.05) is 62.1 Å². The molecule has 2 saturated heterocycles. The highest BCUT2D eigenvalue weighted by Crippen LogP contribution is 2.31. The lowest BCUT2D eigenvalue weighted by Crippen LogP contribution is -2.48. The van der Waals surface area contributed by atoms with Gasteiger partial charge >= 0.3 is 0 Å². The number of carbonyl (C=O) groups is 3. The number of nitrogens with one attached hydrogen (secondary N) is 1. The molecule has 10 heteroatoms. The van der Waals surface area contributed by atoms with Gasteiger partial charge < -0.3 is 10.2 Å². The maximum atomic E-state index is 12.6. The van der Waals surface area contributed by atoms with Crippen LogP contribution in [0.15, 0.2) is 46.9 Å². The lowest BCUT2D eigenvalue weighted by Gasteiger charge is -2.34. The summed E-state index contributed by atoms with van der Waals surface area (Å²) in [6.07, 6.45) is 0.443. The molecule has 2 aromatic carbocycles. The van der Waals surface area contributed by atoms with Gasteiger partial charge in [0.05, 0.1) is 15.9 Å². The van der Waals surface area contributed by atoms with Crippen molar-refractivity contribution < 1.29 is 14.4 Å². The van der Waals surface area contributed by atoms with Crippen LogP contribution >= 0.6 is 27.3 Å². The predicted molar refractivity (Wildman–Crippen MR) is 136 cm³/mol. The summed E-state index contributed by atoms with van der Waals surface area (Å²) in [6.45, 7) is 4.90. The number of amides is 3. The van der Waals surface area contributed by atoms with E-state index < -0.39 is 0 Å². The second-order valence-electron chi connectivity index (χ2n) is 8.37. The van der Waals surface area contributed by atoms with Crippen LogP contribution in [0.4, 0.5) is 10.8 Å². The minimum Gasteiger partial charge on any atom is -0.351 e. The smallest absolute Gasteiger partial charge is 0.251 e. The first-order valence-electron chi connectivity index (χ1n) is 11.3. The molecule has 2 aliphatic rings. The monoisotopic (exact) mass is 541 g/mol. The van der Waals surface area contributed by atoms with Gasteiger partial charge in [0.25, 0.3) is 5.91 Å². The average molecular weight is 542 g/mol. The van der Waals surface area contributed by atoms with Crippen molar-refractivity contribution in [1.82, 2.24) is 15.2 Å². The van der Waals surface area contributed by atoms with E-state index in [2.05, 4.69) is 37.1 Å². The van der Waals surface area contributed by atoms with Crippen molar-refractivity contribution >= 4 is 66.0 Å². The first-order chi connectivity index (χ1) is 16.5. The molecule has 3 heterocycles. The summed E-state index contributed by atoms with van der Waals surface area (Å²) in [5, 5.41) is 4.01. The Morgan fingerprint density at radius 2 is 1.79 bits per heavy atom. The number of hydrogen-bond donors (Lipinski definition) is 1. The molecule has 0 aliphatic carbocycles. The summed E-state index contributed by atoms with van der Waals surface area (Å²) in [6, 6.07) is 12.8. The van der Waals surface area contributed by atoms with Crippen LogP contribution in [0.5, 0.6) is 0 Å². The molecule has 0 atom stereocenters. The van der Waals surface area contributed by atoms with Gasteiger partial charge in [-0.3, -0.25) is 24.2 Å². The summed E-state index contributed by atoms with van der Waals surface area (Å²) in [7, 11) is 0. The van der Waals surface area contributed by atoms with Crippen molar-refractivity contribution in [3.05, 3.63) is 52.5 Å². The first kappa shape index (κ1) is 22.9. The Bertz CT molecular complexity index is 1240. The number of carbonyl (C=O) groups excluding carboxylic acids is 3. The van der Waals surface area contributed by atoms with Crippen LogP contribution in [-0.2, 0) is 9.59 Å². The zero-order chi connectivity index (χ0) is 23.7. The number of imide groups is 1. The fourth-order valence-corrected chi connectivity index (χ4v) is 5.83. The zero-order valence-electron chi connectivity index (χ0n) is 18.5. The van der Waals surface area contributed by atoms with Gasteiger partial charge in [-0.05, 0) is 36.4 Å². The number of piperazine rings is 1. The first-order valence-corrected chi connectivity index (χ1v) is 12.9. The minimum absolute atomic E-state index is 0.208. The molecule has 0 unspecified atom stereocenters. The second kappa shape index (κ2) is 9.81. The van der Waals surface area contributed by atoms with Gasteiger partial charge in [-0.15, -0.1) is 0 Å². The number of nitrogens with zero attached hydrogens (tertiary/aromatic N) is 4. The number of halogens is 1. The minimum atomic E-state index is -0.222. The molecule has 2 aliphatic heterocycles. The highest BCUT2D eigenvalue weighted by atomic mass is 79.9. The summed E-state index contributed by atoms with van der Waals surface area (Å²) in [5.41, 5.74) is 1.92. The quantitative estimate of drug-likeness (QED) is 0.482. The third kappa shape index (κ3) is 4.84. The number of anilines is 2. The van der Waals surface area contributed by atoms with E-state index in [1.165, 1.54) is 9.60 Å². The van der Waals surface area contributed by atoms with E-state index in [0.29, 0.717) is 17.8 Å². The van der Waals surface area contributed by atoms with Crippen molar-refractivity contribution in [3.63, 3.8) is 0 Å². The maximum Gasteiger partial charge on any atom is 0.251 e. The summed E-state index contributed by atoms with van der Waals surface area (Å²) in [5.74, 6) is -0.652. The number of hydrogen-bond acceptors (Lipinski definition) is 7. The Hall–Kier alpha value is -2.82. The van der Waals surface area contributed by atoms with E-state index in [-0.39, 0.29) is 30.6 Å².